The van der Waals surface area contributed by atoms with E-state index in [2.05, 4.69) is 5.32 Å². The van der Waals surface area contributed by atoms with Gasteiger partial charge in [-0.3, -0.25) is 4.79 Å². The Hall–Kier alpha value is -3.29. The van der Waals surface area contributed by atoms with Gasteiger partial charge in [-0.25, -0.2) is 9.59 Å². The minimum Gasteiger partial charge on any atom is -0.489 e. The fraction of sp³-hybridized carbons (Fsp3) is 0.321. The van der Waals surface area contributed by atoms with E-state index in [1.807, 2.05) is 13.8 Å². The summed E-state index contributed by atoms with van der Waals surface area (Å²) >= 11 is 12.4. The van der Waals surface area contributed by atoms with Crippen molar-refractivity contribution in [3.63, 3.8) is 0 Å². The molecule has 3 N–H and O–H groups in total. The standard InChI is InChI=1S/C28H29Cl2NO6/c1-16-18(14-24(32)33)11-12-28(2,3)25(16)26(34)31-23(27(35)36)13-17-7-9-19(10-8-17)37-15-20-21(29)5-4-6-22(20)30/h4-10,14,23H,11-13,15H2,1-3H3,(H,31,34)(H,32,33)(H,35,36)/b18-14+/t23-/m0/s1. The third-order valence-corrected chi connectivity index (χ3v) is 7.20. The minimum absolute atomic E-state index is 0.0578. The second-order valence-electron chi connectivity index (χ2n) is 9.59. The molecule has 1 aliphatic rings. The molecule has 7 nitrogen and oxygen atoms in total. The quantitative estimate of drug-likeness (QED) is 0.341. The topological polar surface area (TPSA) is 113 Å². The molecule has 2 aromatic carbocycles. The van der Waals surface area contributed by atoms with Crippen molar-refractivity contribution in [1.82, 2.24) is 5.32 Å². The Kier molecular flexibility index (Phi) is 9.05. The first-order valence-electron chi connectivity index (χ1n) is 11.7. The first-order chi connectivity index (χ1) is 17.4. The van der Waals surface area contributed by atoms with Gasteiger partial charge in [0.15, 0.2) is 0 Å². The number of ether oxygens (including phenoxy) is 1. The lowest BCUT2D eigenvalue weighted by Gasteiger charge is -2.35. The van der Waals surface area contributed by atoms with Crippen molar-refractivity contribution in [2.75, 3.05) is 0 Å². The van der Waals surface area contributed by atoms with Crippen molar-refractivity contribution >= 4 is 41.0 Å². The highest BCUT2D eigenvalue weighted by Crippen LogP contribution is 2.42. The number of hydrogen-bond acceptors (Lipinski definition) is 4. The molecular weight excluding hydrogens is 517 g/mol. The molecule has 2 aromatic rings. The van der Waals surface area contributed by atoms with E-state index in [0.29, 0.717) is 56.5 Å². The highest BCUT2D eigenvalue weighted by Gasteiger charge is 2.36. The van der Waals surface area contributed by atoms with Crippen LogP contribution in [-0.2, 0) is 27.4 Å². The summed E-state index contributed by atoms with van der Waals surface area (Å²) in [5.74, 6) is -2.21. The molecule has 0 bridgehead atoms. The molecule has 3 rings (SSSR count). The van der Waals surface area contributed by atoms with E-state index in [0.717, 1.165) is 6.08 Å². The van der Waals surface area contributed by atoms with Crippen LogP contribution in [0.2, 0.25) is 10.0 Å². The van der Waals surface area contributed by atoms with Crippen LogP contribution in [0.3, 0.4) is 0 Å². The third-order valence-electron chi connectivity index (χ3n) is 6.49. The number of carbonyl (C=O) groups excluding carboxylic acids is 1. The smallest absolute Gasteiger partial charge is 0.328 e. The fourth-order valence-corrected chi connectivity index (χ4v) is 4.96. The van der Waals surface area contributed by atoms with Crippen molar-refractivity contribution in [2.24, 2.45) is 5.41 Å². The maximum Gasteiger partial charge on any atom is 0.328 e. The molecule has 1 amide bonds. The number of carboxylic acid groups (broad SMARTS) is 2. The maximum atomic E-state index is 13.2. The van der Waals surface area contributed by atoms with E-state index in [-0.39, 0.29) is 13.0 Å². The molecule has 196 valence electrons. The largest absolute Gasteiger partial charge is 0.489 e. The molecule has 0 aliphatic heterocycles. The number of aliphatic carboxylic acids is 2. The molecule has 0 spiro atoms. The van der Waals surface area contributed by atoms with Gasteiger partial charge in [-0.05, 0) is 66.2 Å². The molecule has 1 atom stereocenters. The van der Waals surface area contributed by atoms with E-state index in [1.165, 1.54) is 0 Å². The van der Waals surface area contributed by atoms with Crippen LogP contribution >= 0.6 is 23.2 Å². The molecule has 1 aliphatic carbocycles. The Morgan fingerprint density at radius 1 is 1.08 bits per heavy atom. The monoisotopic (exact) mass is 545 g/mol. The van der Waals surface area contributed by atoms with Crippen molar-refractivity contribution in [3.05, 3.63) is 86.4 Å². The summed E-state index contributed by atoms with van der Waals surface area (Å²) in [5.41, 5.74) is 2.37. The lowest BCUT2D eigenvalue weighted by atomic mass is 9.70. The van der Waals surface area contributed by atoms with Crippen molar-refractivity contribution in [1.29, 1.82) is 0 Å². The predicted molar refractivity (Wildman–Crippen MR) is 142 cm³/mol. The molecule has 0 saturated carbocycles. The fourth-order valence-electron chi connectivity index (χ4n) is 4.45. The van der Waals surface area contributed by atoms with Crippen LogP contribution in [-0.4, -0.2) is 34.1 Å². The first-order valence-corrected chi connectivity index (χ1v) is 12.5. The van der Waals surface area contributed by atoms with Gasteiger partial charge in [-0.15, -0.1) is 0 Å². The zero-order valence-electron chi connectivity index (χ0n) is 20.8. The van der Waals surface area contributed by atoms with Gasteiger partial charge in [0.2, 0.25) is 5.91 Å². The zero-order chi connectivity index (χ0) is 27.3. The Morgan fingerprint density at radius 3 is 2.27 bits per heavy atom. The molecule has 9 heteroatoms. The Morgan fingerprint density at radius 2 is 1.70 bits per heavy atom. The predicted octanol–water partition coefficient (Wildman–Crippen LogP) is 5.83. The van der Waals surface area contributed by atoms with Gasteiger partial charge in [-0.1, -0.05) is 55.2 Å². The highest BCUT2D eigenvalue weighted by molar-refractivity contribution is 6.35. The summed E-state index contributed by atoms with van der Waals surface area (Å²) in [7, 11) is 0. The van der Waals surface area contributed by atoms with Gasteiger partial charge >= 0.3 is 11.9 Å². The molecule has 0 radical (unpaired) electrons. The van der Waals surface area contributed by atoms with E-state index in [4.69, 9.17) is 33.0 Å². The van der Waals surface area contributed by atoms with Crippen molar-refractivity contribution in [2.45, 2.75) is 52.7 Å². The number of allylic oxidation sites excluding steroid dienone is 2. The van der Waals surface area contributed by atoms with Crippen LogP contribution in [0.15, 0.2) is 65.3 Å². The van der Waals surface area contributed by atoms with Gasteiger partial charge in [-0.2, -0.15) is 0 Å². The number of carbonyl (C=O) groups is 3. The Bertz CT molecular complexity index is 1240. The third kappa shape index (κ3) is 7.14. The van der Waals surface area contributed by atoms with E-state index in [9.17, 15) is 19.5 Å². The van der Waals surface area contributed by atoms with Crippen LogP contribution in [0.25, 0.3) is 0 Å². The summed E-state index contributed by atoms with van der Waals surface area (Å²) in [4.78, 5) is 36.4. The second kappa shape index (κ2) is 11.8. The van der Waals surface area contributed by atoms with Crippen LogP contribution in [0, 0.1) is 5.41 Å². The molecule has 0 unspecified atom stereocenters. The van der Waals surface area contributed by atoms with Gasteiger partial charge in [0.05, 0.1) is 0 Å². The van der Waals surface area contributed by atoms with Gasteiger partial charge in [0.1, 0.15) is 18.4 Å². The summed E-state index contributed by atoms with van der Waals surface area (Å²) in [6.45, 7) is 5.67. The van der Waals surface area contributed by atoms with Crippen LogP contribution in [0.5, 0.6) is 5.75 Å². The van der Waals surface area contributed by atoms with E-state index in [1.54, 1.807) is 49.4 Å². The molecule has 0 aromatic heterocycles. The average Bonchev–Trinajstić information content (AvgIpc) is 2.81. The van der Waals surface area contributed by atoms with Crippen LogP contribution in [0.1, 0.15) is 44.7 Å². The molecule has 37 heavy (non-hydrogen) atoms. The van der Waals surface area contributed by atoms with E-state index >= 15 is 0 Å². The zero-order valence-corrected chi connectivity index (χ0v) is 22.3. The molecule has 0 saturated heterocycles. The maximum absolute atomic E-state index is 13.2. The number of nitrogens with one attached hydrogen (secondary N) is 1. The first kappa shape index (κ1) is 28.3. The lowest BCUT2D eigenvalue weighted by Crippen LogP contribution is -2.45. The van der Waals surface area contributed by atoms with Crippen molar-refractivity contribution < 1.29 is 29.3 Å². The van der Waals surface area contributed by atoms with Gasteiger partial charge in [0, 0.05) is 33.7 Å². The van der Waals surface area contributed by atoms with Crippen LogP contribution in [0.4, 0.5) is 0 Å². The number of carboxylic acids is 2. The second-order valence-corrected chi connectivity index (χ2v) is 10.4. The van der Waals surface area contributed by atoms with Gasteiger partial charge < -0.3 is 20.3 Å². The Labute approximate surface area is 225 Å². The summed E-state index contributed by atoms with van der Waals surface area (Å²) in [5, 5.41) is 22.6. The molecule has 0 heterocycles. The number of halogens is 2. The van der Waals surface area contributed by atoms with Crippen LogP contribution < -0.4 is 10.1 Å². The minimum atomic E-state index is -1.17. The molecule has 0 fully saturated rings. The van der Waals surface area contributed by atoms with E-state index < -0.39 is 29.3 Å². The lowest BCUT2D eigenvalue weighted by molar-refractivity contribution is -0.141. The number of hydrogen-bond donors (Lipinski definition) is 3. The summed E-state index contributed by atoms with van der Waals surface area (Å²) < 4.78 is 5.77. The molecular formula is C28H29Cl2NO6. The average molecular weight is 546 g/mol. The number of benzene rings is 2. The number of amides is 1. The SMILES string of the molecule is CC1=C(C(=O)N[C@@H](Cc2ccc(OCc3c(Cl)cccc3Cl)cc2)C(=O)O)C(C)(C)CC/C1=C\C(=O)O. The van der Waals surface area contributed by atoms with Crippen molar-refractivity contribution in [3.8, 4) is 5.75 Å². The summed E-state index contributed by atoms with van der Waals surface area (Å²) in [6.07, 6.45) is 2.27. The Balaban J connectivity index is 1.72. The normalized spacial score (nSPS) is 16.8. The highest BCUT2D eigenvalue weighted by atomic mass is 35.5. The van der Waals surface area contributed by atoms with Gasteiger partial charge in [0.25, 0.3) is 0 Å². The summed E-state index contributed by atoms with van der Waals surface area (Å²) in [6, 6.07) is 10.9. The number of rotatable bonds is 9.